The van der Waals surface area contributed by atoms with Crippen molar-refractivity contribution in [2.24, 2.45) is 0 Å². The van der Waals surface area contributed by atoms with Crippen molar-refractivity contribution in [2.45, 2.75) is 65.0 Å². The van der Waals surface area contributed by atoms with Crippen LogP contribution in [0, 0.1) is 0 Å². The highest BCUT2D eigenvalue weighted by Gasteiger charge is 2.42. The number of benzene rings is 1. The number of aromatic nitrogens is 1. The Morgan fingerprint density at radius 3 is 2.67 bits per heavy atom. The number of H-pyrrole nitrogens is 1. The van der Waals surface area contributed by atoms with E-state index in [0.717, 1.165) is 56.7 Å². The second kappa shape index (κ2) is 8.42. The quantitative estimate of drug-likeness (QED) is 0.710. The third-order valence-electron chi connectivity index (χ3n) is 6.94. The number of Topliss-reactive ketones (excluding diaryl/α,β-unsaturated/α-hetero) is 1. The van der Waals surface area contributed by atoms with Crippen molar-refractivity contribution in [1.29, 1.82) is 0 Å². The molecule has 2 amide bonds. The number of ketones is 1. The van der Waals surface area contributed by atoms with Crippen molar-refractivity contribution in [3.05, 3.63) is 35.0 Å². The lowest BCUT2D eigenvalue weighted by Crippen LogP contribution is -2.58. The summed E-state index contributed by atoms with van der Waals surface area (Å²) in [6.07, 6.45) is 2.91. The first-order valence-electron chi connectivity index (χ1n) is 11.4. The molecule has 0 radical (unpaired) electrons. The third kappa shape index (κ3) is 3.51. The number of urea groups is 1. The van der Waals surface area contributed by atoms with Crippen molar-refractivity contribution in [3.63, 3.8) is 0 Å². The van der Waals surface area contributed by atoms with Gasteiger partial charge in [-0.25, -0.2) is 4.79 Å². The maximum atomic E-state index is 12.7. The van der Waals surface area contributed by atoms with E-state index in [-0.39, 0.29) is 17.9 Å². The van der Waals surface area contributed by atoms with Gasteiger partial charge in [-0.3, -0.25) is 9.69 Å². The van der Waals surface area contributed by atoms with E-state index < -0.39 is 0 Å². The Morgan fingerprint density at radius 1 is 1.23 bits per heavy atom. The smallest absolute Gasteiger partial charge is 0.317 e. The van der Waals surface area contributed by atoms with Gasteiger partial charge in [-0.2, -0.15) is 0 Å². The van der Waals surface area contributed by atoms with Crippen LogP contribution < -0.4 is 5.32 Å². The molecule has 1 aromatic heterocycles. The summed E-state index contributed by atoms with van der Waals surface area (Å²) >= 11 is 0. The van der Waals surface area contributed by atoms with Crippen LogP contribution in [-0.2, 0) is 6.42 Å². The van der Waals surface area contributed by atoms with Gasteiger partial charge in [0.2, 0.25) is 0 Å². The number of nitrogens with one attached hydrogen (secondary N) is 2. The molecule has 1 aliphatic carbocycles. The van der Waals surface area contributed by atoms with Gasteiger partial charge in [0.05, 0.1) is 5.69 Å². The van der Waals surface area contributed by atoms with Crippen molar-refractivity contribution in [2.75, 3.05) is 26.2 Å². The molecule has 3 atom stereocenters. The zero-order valence-electron chi connectivity index (χ0n) is 18.6. The Morgan fingerprint density at radius 2 is 2.00 bits per heavy atom. The van der Waals surface area contributed by atoms with E-state index in [0.29, 0.717) is 12.0 Å². The third-order valence-corrected chi connectivity index (χ3v) is 6.94. The molecular weight excluding hydrogens is 376 g/mol. The molecule has 6 nitrogen and oxygen atoms in total. The minimum atomic E-state index is 0.0371. The van der Waals surface area contributed by atoms with E-state index in [4.69, 9.17) is 0 Å². The molecule has 2 heterocycles. The molecule has 30 heavy (non-hydrogen) atoms. The van der Waals surface area contributed by atoms with Gasteiger partial charge in [0.15, 0.2) is 5.78 Å². The molecule has 2 N–H and O–H groups in total. The summed E-state index contributed by atoms with van der Waals surface area (Å²) in [5, 5.41) is 4.54. The van der Waals surface area contributed by atoms with Crippen LogP contribution in [0.25, 0.3) is 10.9 Å². The van der Waals surface area contributed by atoms with Crippen LogP contribution in [0.3, 0.4) is 0 Å². The van der Waals surface area contributed by atoms with Crippen LogP contribution in [0.1, 0.15) is 68.1 Å². The van der Waals surface area contributed by atoms with Crippen LogP contribution >= 0.6 is 0 Å². The first kappa shape index (κ1) is 20.9. The summed E-state index contributed by atoms with van der Waals surface area (Å²) in [5.41, 5.74) is 4.33. The molecule has 1 aliphatic heterocycles. The maximum absolute atomic E-state index is 12.7. The molecule has 162 valence electrons. The van der Waals surface area contributed by atoms with Crippen molar-refractivity contribution in [1.82, 2.24) is 20.1 Å². The Bertz CT molecular complexity index is 946. The summed E-state index contributed by atoms with van der Waals surface area (Å²) in [5.74, 6) is 0.465. The van der Waals surface area contributed by atoms with E-state index in [9.17, 15) is 9.59 Å². The molecule has 0 spiro atoms. The number of amides is 2. The average Bonchev–Trinajstić information content (AvgIpc) is 3.10. The van der Waals surface area contributed by atoms with Crippen molar-refractivity contribution < 1.29 is 9.59 Å². The van der Waals surface area contributed by atoms with Crippen LogP contribution in [0.15, 0.2) is 18.2 Å². The van der Waals surface area contributed by atoms with Crippen LogP contribution in [-0.4, -0.2) is 64.9 Å². The average molecular weight is 411 g/mol. The Hall–Kier alpha value is -2.34. The highest BCUT2D eigenvalue weighted by Crippen LogP contribution is 2.44. The largest absolute Gasteiger partial charge is 0.352 e. The molecule has 4 rings (SSSR count). The van der Waals surface area contributed by atoms with Gasteiger partial charge in [-0.15, -0.1) is 0 Å². The predicted octanol–water partition coefficient (Wildman–Crippen LogP) is 3.91. The zero-order chi connectivity index (χ0) is 21.4. The normalized spacial score (nSPS) is 23.3. The van der Waals surface area contributed by atoms with Gasteiger partial charge < -0.3 is 15.2 Å². The first-order valence-corrected chi connectivity index (χ1v) is 11.4. The van der Waals surface area contributed by atoms with Gasteiger partial charge in [0.25, 0.3) is 0 Å². The number of fused-ring (bicyclic) bond motifs is 2. The van der Waals surface area contributed by atoms with E-state index in [1.54, 1.807) is 6.92 Å². The Kier molecular flexibility index (Phi) is 5.87. The number of carbonyl (C=O) groups is 2. The fraction of sp³-hybridized carbons (Fsp3) is 0.583. The summed E-state index contributed by atoms with van der Waals surface area (Å²) in [7, 11) is 0. The lowest BCUT2D eigenvalue weighted by atomic mass is 9.73. The fourth-order valence-electron chi connectivity index (χ4n) is 5.61. The summed E-state index contributed by atoms with van der Waals surface area (Å²) < 4.78 is 0. The van der Waals surface area contributed by atoms with Gasteiger partial charge in [-0.1, -0.05) is 19.1 Å². The number of hydrogen-bond acceptors (Lipinski definition) is 3. The number of nitrogens with zero attached hydrogens (tertiary/aromatic N) is 2. The summed E-state index contributed by atoms with van der Waals surface area (Å²) in [6.45, 7) is 11.2. The number of aromatic amines is 1. The minimum Gasteiger partial charge on any atom is -0.352 e. The van der Waals surface area contributed by atoms with Gasteiger partial charge >= 0.3 is 6.03 Å². The standard InChI is InChI=1S/C24H34N4O2/c1-5-11-28-14-16(25-24(30)27(6-2)7-3)12-18-17-9-8-10-20-22(17)19(13-21(18)28)23(26-20)15(4)29/h8-10,16,18,21,26H,5-7,11-14H2,1-4H3,(H,25,30)/t16-,18?,21+/m0/s1. The lowest BCUT2D eigenvalue weighted by molar-refractivity contribution is 0.0959. The second-order valence-electron chi connectivity index (χ2n) is 8.73. The SMILES string of the molecule is CCCN1C[C@@H](NC(=O)N(CC)CC)CC2c3cccc4[nH]c(C(C)=O)c(c34)C[C@H]21. The summed E-state index contributed by atoms with van der Waals surface area (Å²) in [4.78, 5) is 32.8. The topological polar surface area (TPSA) is 68.4 Å². The number of rotatable bonds is 6. The molecule has 1 saturated heterocycles. The predicted molar refractivity (Wildman–Crippen MR) is 120 cm³/mol. The molecule has 6 heteroatoms. The van der Waals surface area contributed by atoms with E-state index >= 15 is 0 Å². The fourth-order valence-corrected chi connectivity index (χ4v) is 5.61. The van der Waals surface area contributed by atoms with Gasteiger partial charge in [-0.05, 0) is 56.8 Å². The molecule has 0 saturated carbocycles. The lowest BCUT2D eigenvalue weighted by Gasteiger charge is -2.47. The monoisotopic (exact) mass is 410 g/mol. The van der Waals surface area contributed by atoms with Crippen molar-refractivity contribution in [3.8, 4) is 0 Å². The second-order valence-corrected chi connectivity index (χ2v) is 8.73. The van der Waals surface area contributed by atoms with Gasteiger partial charge in [0, 0.05) is 55.5 Å². The highest BCUT2D eigenvalue weighted by atomic mass is 16.2. The Balaban J connectivity index is 1.70. The molecular formula is C24H34N4O2. The minimum absolute atomic E-state index is 0.0371. The number of likely N-dealkylation sites (tertiary alicyclic amines) is 1. The van der Waals surface area contributed by atoms with Crippen LogP contribution in [0.4, 0.5) is 4.79 Å². The molecule has 0 bridgehead atoms. The number of carbonyl (C=O) groups excluding carboxylic acids is 2. The zero-order valence-corrected chi connectivity index (χ0v) is 18.6. The highest BCUT2D eigenvalue weighted by molar-refractivity contribution is 6.02. The molecule has 2 aromatic rings. The summed E-state index contributed by atoms with van der Waals surface area (Å²) in [6, 6.07) is 6.93. The van der Waals surface area contributed by atoms with E-state index in [1.807, 2.05) is 18.7 Å². The van der Waals surface area contributed by atoms with Crippen LogP contribution in [0.5, 0.6) is 0 Å². The van der Waals surface area contributed by atoms with Gasteiger partial charge in [0.1, 0.15) is 0 Å². The first-order chi connectivity index (χ1) is 14.5. The van der Waals surface area contributed by atoms with E-state index in [1.165, 1.54) is 16.5 Å². The Labute approximate surface area is 179 Å². The van der Waals surface area contributed by atoms with E-state index in [2.05, 4.69) is 40.3 Å². The molecule has 1 aromatic carbocycles. The number of hydrogen-bond donors (Lipinski definition) is 2. The maximum Gasteiger partial charge on any atom is 0.317 e. The van der Waals surface area contributed by atoms with Crippen molar-refractivity contribution >= 4 is 22.7 Å². The number of piperidine rings is 1. The van der Waals surface area contributed by atoms with Crippen LogP contribution in [0.2, 0.25) is 0 Å². The molecule has 1 unspecified atom stereocenters. The molecule has 1 fully saturated rings. The molecule has 2 aliphatic rings.